The molecule has 1 amide bonds. The highest BCUT2D eigenvalue weighted by atomic mass is 32.2. The topological polar surface area (TPSA) is 120 Å². The number of amides is 1. The fourth-order valence-corrected chi connectivity index (χ4v) is 4.42. The Morgan fingerprint density at radius 2 is 1.85 bits per heavy atom. The smallest absolute Gasteiger partial charge is 0.281 e. The van der Waals surface area contributed by atoms with Gasteiger partial charge >= 0.3 is 0 Å². The minimum absolute atomic E-state index is 0.137. The summed E-state index contributed by atoms with van der Waals surface area (Å²) >= 11 is 0. The number of carbonyl (C=O) groups is 1. The van der Waals surface area contributed by atoms with Crippen molar-refractivity contribution < 1.29 is 27.1 Å². The number of nitrogens with zero attached hydrogens (tertiary/aromatic N) is 3. The van der Waals surface area contributed by atoms with Gasteiger partial charge in [0.05, 0.1) is 12.3 Å². The van der Waals surface area contributed by atoms with Gasteiger partial charge in [-0.05, 0) is 55.3 Å². The summed E-state index contributed by atoms with van der Waals surface area (Å²) in [6, 6.07) is 14.9. The van der Waals surface area contributed by atoms with E-state index in [1.807, 2.05) is 18.6 Å². The predicted molar refractivity (Wildman–Crippen MR) is 142 cm³/mol. The average Bonchev–Trinajstić information content (AvgIpc) is 2.92. The van der Waals surface area contributed by atoms with Crippen molar-refractivity contribution in [3.05, 3.63) is 96.2 Å². The Labute approximate surface area is 226 Å². The van der Waals surface area contributed by atoms with E-state index in [1.165, 1.54) is 42.6 Å². The standard InChI is InChI=1S/C28H27FN4O5S/c1-18(2)17-37-23-14-21(13-22(29)15-23)25-10-9-24(27(34)33-39(35,36)26-8-4-5-12-31-26)28(32-25)38-19(3)20-7-6-11-30-16-20/h4-16,18-19H,17H2,1-3H3,(H,33,34). The van der Waals surface area contributed by atoms with Crippen LogP contribution in [-0.4, -0.2) is 35.9 Å². The summed E-state index contributed by atoms with van der Waals surface area (Å²) in [6.07, 6.45) is 3.92. The van der Waals surface area contributed by atoms with Crippen LogP contribution in [0, 0.1) is 11.7 Å². The molecule has 4 rings (SSSR count). The van der Waals surface area contributed by atoms with Gasteiger partial charge in [-0.25, -0.2) is 19.1 Å². The maximum absolute atomic E-state index is 14.4. The molecule has 11 heteroatoms. The predicted octanol–water partition coefficient (Wildman–Crippen LogP) is 4.97. The lowest BCUT2D eigenvalue weighted by Crippen LogP contribution is -2.31. The number of ether oxygens (including phenoxy) is 2. The van der Waals surface area contributed by atoms with E-state index in [0.29, 0.717) is 29.2 Å². The zero-order chi connectivity index (χ0) is 28.0. The molecule has 0 fully saturated rings. The van der Waals surface area contributed by atoms with Crippen LogP contribution in [0.2, 0.25) is 0 Å². The van der Waals surface area contributed by atoms with Crippen molar-refractivity contribution in [2.75, 3.05) is 6.61 Å². The van der Waals surface area contributed by atoms with E-state index in [9.17, 15) is 17.6 Å². The number of halogens is 1. The van der Waals surface area contributed by atoms with Crippen LogP contribution in [0.3, 0.4) is 0 Å². The van der Waals surface area contributed by atoms with Crippen LogP contribution in [0.1, 0.15) is 42.8 Å². The Bertz CT molecular complexity index is 1550. The third kappa shape index (κ3) is 7.14. The number of nitrogens with one attached hydrogen (secondary N) is 1. The minimum Gasteiger partial charge on any atom is -0.493 e. The second kappa shape index (κ2) is 12.0. The van der Waals surface area contributed by atoms with Crippen LogP contribution in [0.15, 0.2) is 84.3 Å². The monoisotopic (exact) mass is 550 g/mol. The van der Waals surface area contributed by atoms with Gasteiger partial charge in [-0.3, -0.25) is 9.78 Å². The molecule has 3 aromatic heterocycles. The van der Waals surface area contributed by atoms with E-state index in [1.54, 1.807) is 43.6 Å². The number of carbonyl (C=O) groups excluding carboxylic acids is 1. The number of hydrogen-bond donors (Lipinski definition) is 1. The molecule has 9 nitrogen and oxygen atoms in total. The van der Waals surface area contributed by atoms with E-state index < -0.39 is 27.9 Å². The fraction of sp³-hybridized carbons (Fsp3) is 0.214. The summed E-state index contributed by atoms with van der Waals surface area (Å²) in [4.78, 5) is 25.5. The Hall–Kier alpha value is -4.38. The Kier molecular flexibility index (Phi) is 8.50. The van der Waals surface area contributed by atoms with Gasteiger partial charge in [0.25, 0.3) is 15.9 Å². The maximum atomic E-state index is 14.4. The largest absolute Gasteiger partial charge is 0.493 e. The summed E-state index contributed by atoms with van der Waals surface area (Å²) in [6.45, 7) is 6.09. The molecule has 202 valence electrons. The molecule has 0 saturated heterocycles. The number of sulfonamides is 1. The average molecular weight is 551 g/mol. The number of benzene rings is 1. The molecule has 4 aromatic rings. The van der Waals surface area contributed by atoms with Gasteiger partial charge in [-0.2, -0.15) is 8.42 Å². The van der Waals surface area contributed by atoms with Crippen LogP contribution >= 0.6 is 0 Å². The summed E-state index contributed by atoms with van der Waals surface area (Å²) in [7, 11) is -4.26. The van der Waals surface area contributed by atoms with Crippen molar-refractivity contribution in [2.45, 2.75) is 31.9 Å². The molecule has 0 spiro atoms. The Morgan fingerprint density at radius 3 is 2.54 bits per heavy atom. The summed E-state index contributed by atoms with van der Waals surface area (Å²) < 4.78 is 53.6. The van der Waals surface area contributed by atoms with E-state index in [0.717, 1.165) is 0 Å². The molecule has 1 atom stereocenters. The van der Waals surface area contributed by atoms with Crippen LogP contribution in [0.5, 0.6) is 11.6 Å². The highest BCUT2D eigenvalue weighted by molar-refractivity contribution is 7.90. The Balaban J connectivity index is 1.71. The molecule has 1 aromatic carbocycles. The fourth-order valence-electron chi connectivity index (χ4n) is 3.51. The van der Waals surface area contributed by atoms with Crippen LogP contribution in [0.4, 0.5) is 4.39 Å². The SMILES string of the molecule is CC(C)COc1cc(F)cc(-c2ccc(C(=O)NS(=O)(=O)c3ccccn3)c(OC(C)c3cccnc3)n2)c1. The Morgan fingerprint density at radius 1 is 1.03 bits per heavy atom. The summed E-state index contributed by atoms with van der Waals surface area (Å²) in [5.41, 5.74) is 1.25. The minimum atomic E-state index is -4.26. The molecule has 0 aliphatic heterocycles. The van der Waals surface area contributed by atoms with Gasteiger partial charge in [0, 0.05) is 35.8 Å². The molecular weight excluding hydrogens is 523 g/mol. The molecule has 1 unspecified atom stereocenters. The van der Waals surface area contributed by atoms with Crippen molar-refractivity contribution in [1.29, 1.82) is 0 Å². The molecule has 1 N–H and O–H groups in total. The van der Waals surface area contributed by atoms with E-state index in [4.69, 9.17) is 9.47 Å². The highest BCUT2D eigenvalue weighted by Crippen LogP contribution is 2.30. The van der Waals surface area contributed by atoms with Crippen molar-refractivity contribution in [3.63, 3.8) is 0 Å². The second-order valence-electron chi connectivity index (χ2n) is 9.08. The normalized spacial score (nSPS) is 12.1. The van der Waals surface area contributed by atoms with Gasteiger partial charge in [0.15, 0.2) is 5.03 Å². The molecule has 0 radical (unpaired) electrons. The quantitative estimate of drug-likeness (QED) is 0.294. The lowest BCUT2D eigenvalue weighted by molar-refractivity contribution is 0.0973. The number of aromatic nitrogens is 3. The first-order chi connectivity index (χ1) is 18.6. The van der Waals surface area contributed by atoms with Crippen molar-refractivity contribution >= 4 is 15.9 Å². The lowest BCUT2D eigenvalue weighted by atomic mass is 10.1. The summed E-state index contributed by atoms with van der Waals surface area (Å²) in [5.74, 6) is -1.07. The molecule has 0 aliphatic carbocycles. The van der Waals surface area contributed by atoms with Gasteiger partial charge < -0.3 is 9.47 Å². The number of pyridine rings is 3. The molecule has 0 aliphatic rings. The van der Waals surface area contributed by atoms with Gasteiger partial charge in [0.2, 0.25) is 5.88 Å². The van der Waals surface area contributed by atoms with E-state index in [2.05, 4.69) is 15.0 Å². The molecule has 3 heterocycles. The van der Waals surface area contributed by atoms with E-state index >= 15 is 0 Å². The van der Waals surface area contributed by atoms with E-state index in [-0.39, 0.29) is 22.4 Å². The second-order valence-corrected chi connectivity index (χ2v) is 10.7. The zero-order valence-corrected chi connectivity index (χ0v) is 22.4. The number of hydrogen-bond acceptors (Lipinski definition) is 8. The van der Waals surface area contributed by atoms with Gasteiger partial charge in [-0.1, -0.05) is 26.0 Å². The third-order valence-corrected chi connectivity index (χ3v) is 6.68. The lowest BCUT2D eigenvalue weighted by Gasteiger charge is -2.18. The van der Waals surface area contributed by atoms with Gasteiger partial charge in [-0.15, -0.1) is 0 Å². The summed E-state index contributed by atoms with van der Waals surface area (Å²) in [5, 5.41) is -0.317. The first-order valence-electron chi connectivity index (χ1n) is 12.1. The van der Waals surface area contributed by atoms with Crippen molar-refractivity contribution in [3.8, 4) is 22.9 Å². The molecule has 0 bridgehead atoms. The van der Waals surface area contributed by atoms with Crippen LogP contribution in [0.25, 0.3) is 11.3 Å². The van der Waals surface area contributed by atoms with Crippen LogP contribution in [-0.2, 0) is 10.0 Å². The van der Waals surface area contributed by atoms with Crippen molar-refractivity contribution in [1.82, 2.24) is 19.7 Å². The maximum Gasteiger partial charge on any atom is 0.281 e. The molecular formula is C28H27FN4O5S. The van der Waals surface area contributed by atoms with Crippen LogP contribution < -0.4 is 14.2 Å². The molecule has 39 heavy (non-hydrogen) atoms. The zero-order valence-electron chi connectivity index (χ0n) is 21.5. The molecule has 0 saturated carbocycles. The first kappa shape index (κ1) is 27.6. The highest BCUT2D eigenvalue weighted by Gasteiger charge is 2.25. The number of rotatable bonds is 10. The first-order valence-corrected chi connectivity index (χ1v) is 13.6. The van der Waals surface area contributed by atoms with Gasteiger partial charge in [0.1, 0.15) is 23.2 Å². The van der Waals surface area contributed by atoms with Crippen molar-refractivity contribution in [2.24, 2.45) is 5.92 Å². The third-order valence-electron chi connectivity index (χ3n) is 5.44.